The Kier molecular flexibility index (Phi) is 4.41. The lowest BCUT2D eigenvalue weighted by Crippen LogP contribution is -2.54. The van der Waals surface area contributed by atoms with E-state index >= 15 is 0 Å². The van der Waals surface area contributed by atoms with Crippen molar-refractivity contribution in [3.63, 3.8) is 0 Å². The summed E-state index contributed by atoms with van der Waals surface area (Å²) in [6, 6.07) is 0. The highest BCUT2D eigenvalue weighted by molar-refractivity contribution is 5.81. The SMILES string of the molecule is O=C(O)CCN1C(=O)C[C@H]2O[C@@H]3[C@@H](CC(=O)N3CCC(=O)O)O[C@H]21. The van der Waals surface area contributed by atoms with Gasteiger partial charge in [-0.25, -0.2) is 0 Å². The molecule has 24 heavy (non-hydrogen) atoms. The molecule has 2 N–H and O–H groups in total. The second-order valence-electron chi connectivity index (χ2n) is 6.00. The van der Waals surface area contributed by atoms with E-state index in [1.54, 1.807) is 0 Å². The van der Waals surface area contributed by atoms with Crippen molar-refractivity contribution in [3.05, 3.63) is 0 Å². The average molecular weight is 342 g/mol. The normalized spacial score (nSPS) is 32.0. The molecule has 0 bridgehead atoms. The third-order valence-corrected chi connectivity index (χ3v) is 4.40. The molecule has 0 radical (unpaired) electrons. The molecule has 2 amide bonds. The van der Waals surface area contributed by atoms with Crippen molar-refractivity contribution in [2.75, 3.05) is 13.1 Å². The first-order valence-corrected chi connectivity index (χ1v) is 7.70. The monoisotopic (exact) mass is 342 g/mol. The third kappa shape index (κ3) is 3.06. The number of carbonyl (C=O) groups excluding carboxylic acids is 2. The Morgan fingerprint density at radius 2 is 1.25 bits per heavy atom. The summed E-state index contributed by atoms with van der Waals surface area (Å²) >= 11 is 0. The van der Waals surface area contributed by atoms with Gasteiger partial charge < -0.3 is 29.5 Å². The second kappa shape index (κ2) is 6.36. The van der Waals surface area contributed by atoms with Gasteiger partial charge in [0.2, 0.25) is 11.8 Å². The number of likely N-dealkylation sites (tertiary alicyclic amines) is 2. The van der Waals surface area contributed by atoms with Gasteiger partial charge >= 0.3 is 11.9 Å². The van der Waals surface area contributed by atoms with E-state index in [2.05, 4.69) is 0 Å². The number of ether oxygens (including phenoxy) is 2. The lowest BCUT2D eigenvalue weighted by molar-refractivity contribution is -0.253. The molecule has 3 fully saturated rings. The van der Waals surface area contributed by atoms with Crippen molar-refractivity contribution in [2.24, 2.45) is 0 Å². The molecule has 0 aromatic heterocycles. The van der Waals surface area contributed by atoms with Gasteiger partial charge in [0.1, 0.15) is 12.2 Å². The zero-order chi connectivity index (χ0) is 17.4. The molecule has 0 spiro atoms. The quantitative estimate of drug-likeness (QED) is 0.617. The molecule has 3 aliphatic rings. The van der Waals surface area contributed by atoms with E-state index < -0.39 is 36.6 Å². The maximum atomic E-state index is 12.0. The Labute approximate surface area is 136 Å². The minimum absolute atomic E-state index is 0.0206. The number of hydrogen-bond donors (Lipinski definition) is 2. The maximum absolute atomic E-state index is 12.0. The van der Waals surface area contributed by atoms with Crippen molar-refractivity contribution in [3.8, 4) is 0 Å². The number of hydrogen-bond acceptors (Lipinski definition) is 6. The van der Waals surface area contributed by atoms with Crippen LogP contribution in [0.15, 0.2) is 0 Å². The van der Waals surface area contributed by atoms with Gasteiger partial charge in [-0.3, -0.25) is 19.2 Å². The van der Waals surface area contributed by atoms with Gasteiger partial charge in [0.25, 0.3) is 0 Å². The highest BCUT2D eigenvalue weighted by Gasteiger charge is 2.54. The number of carboxylic acid groups (broad SMARTS) is 2. The molecule has 3 rings (SSSR count). The molecular weight excluding hydrogens is 324 g/mol. The molecular formula is C14H18N2O8. The first-order valence-electron chi connectivity index (χ1n) is 7.70. The van der Waals surface area contributed by atoms with Crippen molar-refractivity contribution >= 4 is 23.8 Å². The average Bonchev–Trinajstić information content (AvgIpc) is 2.95. The van der Waals surface area contributed by atoms with Crippen LogP contribution in [-0.4, -0.2) is 81.5 Å². The summed E-state index contributed by atoms with van der Waals surface area (Å²) in [5.41, 5.74) is 0. The molecule has 10 nitrogen and oxygen atoms in total. The smallest absolute Gasteiger partial charge is 0.305 e. The highest BCUT2D eigenvalue weighted by Crippen LogP contribution is 2.37. The van der Waals surface area contributed by atoms with Crippen LogP contribution in [-0.2, 0) is 28.7 Å². The van der Waals surface area contributed by atoms with Crippen LogP contribution in [0.5, 0.6) is 0 Å². The van der Waals surface area contributed by atoms with Gasteiger partial charge in [0, 0.05) is 13.1 Å². The Hall–Kier alpha value is -2.20. The lowest BCUT2D eigenvalue weighted by atomic mass is 10.2. The number of nitrogens with zero attached hydrogens (tertiary/aromatic N) is 2. The summed E-state index contributed by atoms with van der Waals surface area (Å²) in [5.74, 6) is -2.54. The summed E-state index contributed by atoms with van der Waals surface area (Å²) in [4.78, 5) is 48.2. The number of carboxylic acids is 2. The van der Waals surface area contributed by atoms with Gasteiger partial charge in [-0.1, -0.05) is 0 Å². The van der Waals surface area contributed by atoms with E-state index in [0.29, 0.717) is 0 Å². The zero-order valence-corrected chi connectivity index (χ0v) is 12.8. The minimum Gasteiger partial charge on any atom is -0.481 e. The van der Waals surface area contributed by atoms with Gasteiger partial charge in [0.15, 0.2) is 12.5 Å². The van der Waals surface area contributed by atoms with Crippen LogP contribution >= 0.6 is 0 Å². The van der Waals surface area contributed by atoms with E-state index in [1.807, 2.05) is 0 Å². The maximum Gasteiger partial charge on any atom is 0.305 e. The number of fused-ring (bicyclic) bond motifs is 2. The van der Waals surface area contributed by atoms with Crippen LogP contribution in [0, 0.1) is 0 Å². The fourth-order valence-electron chi connectivity index (χ4n) is 3.31. The highest BCUT2D eigenvalue weighted by atomic mass is 16.6. The van der Waals surface area contributed by atoms with Crippen molar-refractivity contribution in [1.82, 2.24) is 9.80 Å². The molecule has 3 heterocycles. The Bertz CT molecular complexity index is 529. The topological polar surface area (TPSA) is 134 Å². The van der Waals surface area contributed by atoms with Crippen LogP contribution < -0.4 is 0 Å². The van der Waals surface area contributed by atoms with Crippen molar-refractivity contribution in [2.45, 2.75) is 50.3 Å². The molecule has 0 aliphatic carbocycles. The standard InChI is InChI=1S/C14H18N2O8/c17-9-5-7-13(15(9)3-1-11(19)20)23-8-6-10(18)16(14(8)24-7)4-2-12(21)22/h7-8,13-14H,1-6H2,(H,19,20)(H,21,22)/t7-,8-,13-,14-/m1/s1. The van der Waals surface area contributed by atoms with Gasteiger partial charge in [0.05, 0.1) is 25.7 Å². The summed E-state index contributed by atoms with van der Waals surface area (Å²) < 4.78 is 11.7. The predicted octanol–water partition coefficient (Wildman–Crippen LogP) is -1.16. The van der Waals surface area contributed by atoms with Crippen LogP contribution in [0.2, 0.25) is 0 Å². The molecule has 4 atom stereocenters. The predicted molar refractivity (Wildman–Crippen MR) is 74.5 cm³/mol. The summed E-state index contributed by atoms with van der Waals surface area (Å²) in [5, 5.41) is 17.5. The summed E-state index contributed by atoms with van der Waals surface area (Å²) in [6.45, 7) is 0.0412. The number of aliphatic carboxylic acids is 2. The Morgan fingerprint density at radius 1 is 0.875 bits per heavy atom. The fraction of sp³-hybridized carbons (Fsp3) is 0.714. The van der Waals surface area contributed by atoms with Gasteiger partial charge in [-0.05, 0) is 0 Å². The van der Waals surface area contributed by atoms with E-state index in [0.717, 1.165) is 0 Å². The molecule has 3 saturated heterocycles. The molecule has 0 aromatic rings. The first-order chi connectivity index (χ1) is 11.4. The zero-order valence-electron chi connectivity index (χ0n) is 12.8. The number of rotatable bonds is 6. The van der Waals surface area contributed by atoms with E-state index in [4.69, 9.17) is 19.7 Å². The van der Waals surface area contributed by atoms with Crippen LogP contribution in [0.1, 0.15) is 25.7 Å². The Morgan fingerprint density at radius 3 is 1.58 bits per heavy atom. The van der Waals surface area contributed by atoms with Crippen LogP contribution in [0.4, 0.5) is 0 Å². The van der Waals surface area contributed by atoms with Gasteiger partial charge in [-0.2, -0.15) is 0 Å². The molecule has 0 unspecified atom stereocenters. The van der Waals surface area contributed by atoms with Crippen LogP contribution in [0.25, 0.3) is 0 Å². The van der Waals surface area contributed by atoms with Crippen LogP contribution in [0.3, 0.4) is 0 Å². The minimum atomic E-state index is -1.02. The molecule has 3 aliphatic heterocycles. The van der Waals surface area contributed by atoms with Crippen molar-refractivity contribution < 1.29 is 38.9 Å². The molecule has 0 saturated carbocycles. The fourth-order valence-corrected chi connectivity index (χ4v) is 3.31. The Balaban J connectivity index is 1.68. The largest absolute Gasteiger partial charge is 0.481 e. The van der Waals surface area contributed by atoms with Gasteiger partial charge in [-0.15, -0.1) is 0 Å². The van der Waals surface area contributed by atoms with E-state index in [-0.39, 0.29) is 50.6 Å². The van der Waals surface area contributed by atoms with Crippen molar-refractivity contribution in [1.29, 1.82) is 0 Å². The third-order valence-electron chi connectivity index (χ3n) is 4.40. The van der Waals surface area contributed by atoms with E-state index in [1.165, 1.54) is 9.80 Å². The first kappa shape index (κ1) is 16.7. The summed E-state index contributed by atoms with van der Waals surface area (Å²) in [6.07, 6.45) is -2.89. The number of carbonyl (C=O) groups is 4. The second-order valence-corrected chi connectivity index (χ2v) is 6.00. The lowest BCUT2D eigenvalue weighted by Gasteiger charge is -2.40. The van der Waals surface area contributed by atoms with E-state index in [9.17, 15) is 19.2 Å². The summed E-state index contributed by atoms with van der Waals surface area (Å²) in [7, 11) is 0. The number of amides is 2. The molecule has 0 aromatic carbocycles. The molecule has 132 valence electrons. The molecule has 10 heteroatoms.